The van der Waals surface area contributed by atoms with E-state index in [0.717, 1.165) is 49.2 Å². The van der Waals surface area contributed by atoms with Gasteiger partial charge in [-0.2, -0.15) is 0 Å². The highest BCUT2D eigenvalue weighted by atomic mass is 79.9. The van der Waals surface area contributed by atoms with E-state index in [9.17, 15) is 4.79 Å². The lowest BCUT2D eigenvalue weighted by Gasteiger charge is -2.35. The number of nitrogens with one attached hydrogen (secondary N) is 1. The van der Waals surface area contributed by atoms with Crippen LogP contribution in [-0.4, -0.2) is 40.8 Å². The standard InChI is InChI=1S/C17H28BrN3O3/c1-16(2,3)24-14(22)12-23-17(7-5-6-9-19-10-8-17)15-20-13(18)11-21(15)4/h11,19H,5-10,12H2,1-4H3. The molecular formula is C17H28BrN3O3. The molecule has 2 heterocycles. The topological polar surface area (TPSA) is 65.4 Å². The third-order valence-corrected chi connectivity index (χ3v) is 4.41. The molecule has 0 aliphatic carbocycles. The average molecular weight is 402 g/mol. The Morgan fingerprint density at radius 2 is 2.12 bits per heavy atom. The number of imidazole rings is 1. The molecule has 1 aliphatic heterocycles. The van der Waals surface area contributed by atoms with E-state index in [1.54, 1.807) is 0 Å². The predicted molar refractivity (Wildman–Crippen MR) is 95.7 cm³/mol. The van der Waals surface area contributed by atoms with Crippen molar-refractivity contribution in [1.29, 1.82) is 0 Å². The first-order valence-electron chi connectivity index (χ1n) is 8.48. The van der Waals surface area contributed by atoms with Gasteiger partial charge < -0.3 is 19.4 Å². The van der Waals surface area contributed by atoms with Crippen LogP contribution in [0.2, 0.25) is 0 Å². The monoisotopic (exact) mass is 401 g/mol. The van der Waals surface area contributed by atoms with Crippen LogP contribution in [0.25, 0.3) is 0 Å². The highest BCUT2D eigenvalue weighted by molar-refractivity contribution is 9.10. The zero-order valence-electron chi connectivity index (χ0n) is 15.0. The second-order valence-corrected chi connectivity index (χ2v) is 8.14. The second-order valence-electron chi connectivity index (χ2n) is 7.32. The first-order valence-corrected chi connectivity index (χ1v) is 9.27. The number of rotatable bonds is 4. The van der Waals surface area contributed by atoms with Crippen LogP contribution in [0.3, 0.4) is 0 Å². The maximum absolute atomic E-state index is 12.1. The van der Waals surface area contributed by atoms with Gasteiger partial charge in [0.25, 0.3) is 0 Å². The molecule has 1 aliphatic rings. The third-order valence-electron chi connectivity index (χ3n) is 4.03. The lowest BCUT2D eigenvalue weighted by molar-refractivity contribution is -0.170. The second kappa shape index (κ2) is 7.97. The Morgan fingerprint density at radius 1 is 1.38 bits per heavy atom. The van der Waals surface area contributed by atoms with Crippen molar-refractivity contribution in [3.05, 3.63) is 16.6 Å². The number of ether oxygens (including phenoxy) is 2. The molecule has 136 valence electrons. The van der Waals surface area contributed by atoms with Gasteiger partial charge in [-0.3, -0.25) is 0 Å². The molecule has 1 saturated heterocycles. The van der Waals surface area contributed by atoms with Gasteiger partial charge in [-0.15, -0.1) is 0 Å². The van der Waals surface area contributed by atoms with Gasteiger partial charge in [0.15, 0.2) is 0 Å². The largest absolute Gasteiger partial charge is 0.458 e. The summed E-state index contributed by atoms with van der Waals surface area (Å²) in [5.41, 5.74) is -1.09. The first kappa shape index (κ1) is 19.4. The summed E-state index contributed by atoms with van der Waals surface area (Å²) in [4.78, 5) is 16.7. The zero-order valence-corrected chi connectivity index (χ0v) is 16.6. The fourth-order valence-corrected chi connectivity index (χ4v) is 3.53. The molecule has 1 fully saturated rings. The molecule has 7 heteroatoms. The van der Waals surface area contributed by atoms with Crippen molar-refractivity contribution in [3.8, 4) is 0 Å². The van der Waals surface area contributed by atoms with Crippen LogP contribution in [0, 0.1) is 0 Å². The van der Waals surface area contributed by atoms with Gasteiger partial charge in [-0.25, -0.2) is 9.78 Å². The molecule has 1 aromatic heterocycles. The van der Waals surface area contributed by atoms with E-state index in [4.69, 9.17) is 9.47 Å². The van der Waals surface area contributed by atoms with Gasteiger partial charge in [0.05, 0.1) is 0 Å². The minimum Gasteiger partial charge on any atom is -0.458 e. The lowest BCUT2D eigenvalue weighted by atomic mass is 9.90. The Morgan fingerprint density at radius 3 is 2.75 bits per heavy atom. The molecule has 1 unspecified atom stereocenters. The van der Waals surface area contributed by atoms with E-state index in [-0.39, 0.29) is 12.6 Å². The van der Waals surface area contributed by atoms with Crippen molar-refractivity contribution < 1.29 is 14.3 Å². The van der Waals surface area contributed by atoms with Gasteiger partial charge >= 0.3 is 5.97 Å². The fraction of sp³-hybridized carbons (Fsp3) is 0.765. The number of carbonyl (C=O) groups is 1. The van der Waals surface area contributed by atoms with Crippen LogP contribution in [0.5, 0.6) is 0 Å². The van der Waals surface area contributed by atoms with E-state index in [2.05, 4.69) is 26.2 Å². The van der Waals surface area contributed by atoms with Crippen LogP contribution in [0.4, 0.5) is 0 Å². The van der Waals surface area contributed by atoms with Crippen LogP contribution < -0.4 is 5.32 Å². The number of esters is 1. The Bertz CT molecular complexity index is 558. The van der Waals surface area contributed by atoms with Crippen molar-refractivity contribution in [2.75, 3.05) is 19.7 Å². The molecule has 0 radical (unpaired) electrons. The van der Waals surface area contributed by atoms with Crippen LogP contribution in [-0.2, 0) is 26.9 Å². The van der Waals surface area contributed by atoms with E-state index >= 15 is 0 Å². The molecule has 24 heavy (non-hydrogen) atoms. The highest BCUT2D eigenvalue weighted by Crippen LogP contribution is 2.35. The Balaban J connectivity index is 2.19. The van der Waals surface area contributed by atoms with Crippen LogP contribution >= 0.6 is 15.9 Å². The molecule has 6 nitrogen and oxygen atoms in total. The van der Waals surface area contributed by atoms with Gasteiger partial charge in [-0.05, 0) is 75.5 Å². The summed E-state index contributed by atoms with van der Waals surface area (Å²) in [6.07, 6.45) is 5.64. The summed E-state index contributed by atoms with van der Waals surface area (Å²) in [5, 5.41) is 3.42. The van der Waals surface area contributed by atoms with E-state index in [1.807, 2.05) is 38.6 Å². The van der Waals surface area contributed by atoms with Crippen molar-refractivity contribution >= 4 is 21.9 Å². The van der Waals surface area contributed by atoms with Crippen molar-refractivity contribution in [3.63, 3.8) is 0 Å². The fourth-order valence-electron chi connectivity index (χ4n) is 3.05. The van der Waals surface area contributed by atoms with Crippen molar-refractivity contribution in [1.82, 2.24) is 14.9 Å². The quantitative estimate of drug-likeness (QED) is 0.785. The van der Waals surface area contributed by atoms with Crippen LogP contribution in [0.15, 0.2) is 10.8 Å². The molecule has 0 spiro atoms. The Labute approximate surface area is 152 Å². The SMILES string of the molecule is Cn1cc(Br)nc1C1(OCC(=O)OC(C)(C)C)CCCCNCC1. The summed E-state index contributed by atoms with van der Waals surface area (Å²) in [7, 11) is 1.96. The number of carbonyl (C=O) groups excluding carboxylic acids is 1. The lowest BCUT2D eigenvalue weighted by Crippen LogP contribution is -2.40. The normalized spacial score (nSPS) is 22.7. The number of halogens is 1. The van der Waals surface area contributed by atoms with Gasteiger partial charge in [-0.1, -0.05) is 0 Å². The summed E-state index contributed by atoms with van der Waals surface area (Å²) < 4.78 is 14.3. The third kappa shape index (κ3) is 5.29. The highest BCUT2D eigenvalue weighted by Gasteiger charge is 2.38. The molecule has 0 saturated carbocycles. The Kier molecular flexibility index (Phi) is 6.45. The molecule has 0 aromatic carbocycles. The molecular weight excluding hydrogens is 374 g/mol. The van der Waals surface area contributed by atoms with Gasteiger partial charge in [0.1, 0.15) is 28.2 Å². The molecule has 2 rings (SSSR count). The van der Waals surface area contributed by atoms with Crippen molar-refractivity contribution in [2.24, 2.45) is 7.05 Å². The van der Waals surface area contributed by atoms with Crippen LogP contribution in [0.1, 0.15) is 52.3 Å². The maximum atomic E-state index is 12.1. The Hall–Kier alpha value is -0.920. The number of aromatic nitrogens is 2. The number of aryl methyl sites for hydroxylation is 1. The first-order chi connectivity index (χ1) is 11.2. The predicted octanol–water partition coefficient (Wildman–Crippen LogP) is 2.90. The number of hydrogen-bond donors (Lipinski definition) is 1. The molecule has 0 amide bonds. The summed E-state index contributed by atoms with van der Waals surface area (Å²) in [6, 6.07) is 0. The smallest absolute Gasteiger partial charge is 0.332 e. The minimum absolute atomic E-state index is 0.0677. The minimum atomic E-state index is -0.578. The number of nitrogens with zero attached hydrogens (tertiary/aromatic N) is 2. The van der Waals surface area contributed by atoms with E-state index in [1.165, 1.54) is 0 Å². The van der Waals surface area contributed by atoms with Gasteiger partial charge in [0, 0.05) is 13.2 Å². The van der Waals surface area contributed by atoms with Crippen molar-refractivity contribution in [2.45, 2.75) is 57.7 Å². The van der Waals surface area contributed by atoms with E-state index in [0.29, 0.717) is 0 Å². The summed E-state index contributed by atoms with van der Waals surface area (Å²) >= 11 is 3.43. The molecule has 0 bridgehead atoms. The summed E-state index contributed by atoms with van der Waals surface area (Å²) in [6.45, 7) is 7.36. The van der Waals surface area contributed by atoms with Gasteiger partial charge in [0.2, 0.25) is 0 Å². The summed E-state index contributed by atoms with van der Waals surface area (Å²) in [5.74, 6) is 0.506. The molecule has 1 atom stereocenters. The zero-order chi connectivity index (χ0) is 17.8. The van der Waals surface area contributed by atoms with E-state index < -0.39 is 11.2 Å². The molecule has 1 aromatic rings. The average Bonchev–Trinajstić information content (AvgIpc) is 2.76. The maximum Gasteiger partial charge on any atom is 0.332 e. The number of hydrogen-bond acceptors (Lipinski definition) is 5. The molecule has 1 N–H and O–H groups in total.